The summed E-state index contributed by atoms with van der Waals surface area (Å²) in [6.45, 7) is 0.299. The number of hydrogen-bond acceptors (Lipinski definition) is 2. The Balaban J connectivity index is 3.77. The highest BCUT2D eigenvalue weighted by atomic mass is 19.4. The minimum atomic E-state index is -4.18. The van der Waals surface area contributed by atoms with Gasteiger partial charge in [0.05, 0.1) is 13.2 Å². The second-order valence-electron chi connectivity index (χ2n) is 2.56. The predicted octanol–water partition coefficient (Wildman–Crippen LogP) is 0.861. The number of aliphatic hydroxyl groups is 1. The molecule has 2 nitrogen and oxygen atoms in total. The Labute approximate surface area is 63.6 Å². The van der Waals surface area contributed by atoms with Crippen molar-refractivity contribution >= 4 is 0 Å². The molecule has 0 heterocycles. The third-order valence-corrected chi connectivity index (χ3v) is 1.45. The van der Waals surface area contributed by atoms with Gasteiger partial charge < -0.3 is 5.11 Å². The van der Waals surface area contributed by atoms with Crippen molar-refractivity contribution in [2.24, 2.45) is 0 Å². The second-order valence-corrected chi connectivity index (χ2v) is 2.56. The molecule has 0 aromatic carbocycles. The van der Waals surface area contributed by atoms with Gasteiger partial charge in [0.15, 0.2) is 0 Å². The van der Waals surface area contributed by atoms with E-state index in [4.69, 9.17) is 5.11 Å². The van der Waals surface area contributed by atoms with Gasteiger partial charge in [-0.3, -0.25) is 4.90 Å². The molecular weight excluding hydrogens is 159 g/mol. The van der Waals surface area contributed by atoms with Gasteiger partial charge in [0.1, 0.15) is 0 Å². The Kier molecular flexibility index (Phi) is 3.82. The van der Waals surface area contributed by atoms with Crippen LogP contribution >= 0.6 is 0 Å². The molecule has 1 N–H and O–H groups in total. The Morgan fingerprint density at radius 1 is 1.45 bits per heavy atom. The van der Waals surface area contributed by atoms with Crippen LogP contribution in [0.25, 0.3) is 0 Å². The SMILES string of the molecule is CC(CO)N(C)CC(F)(F)F. The molecule has 0 aliphatic heterocycles. The first-order valence-electron chi connectivity index (χ1n) is 3.24. The van der Waals surface area contributed by atoms with E-state index in [9.17, 15) is 13.2 Å². The lowest BCUT2D eigenvalue weighted by Gasteiger charge is -2.23. The molecule has 0 amide bonds. The normalized spacial score (nSPS) is 15.5. The van der Waals surface area contributed by atoms with Crippen LogP contribution in [-0.2, 0) is 0 Å². The van der Waals surface area contributed by atoms with E-state index < -0.39 is 18.8 Å². The maximum absolute atomic E-state index is 11.7. The first kappa shape index (κ1) is 10.7. The number of aliphatic hydroxyl groups excluding tert-OH is 1. The largest absolute Gasteiger partial charge is 0.401 e. The van der Waals surface area contributed by atoms with E-state index in [1.54, 1.807) is 0 Å². The second kappa shape index (κ2) is 3.92. The molecule has 11 heavy (non-hydrogen) atoms. The summed E-state index contributed by atoms with van der Waals surface area (Å²) in [5, 5.41) is 8.49. The van der Waals surface area contributed by atoms with Crippen LogP contribution in [0.2, 0.25) is 0 Å². The summed E-state index contributed by atoms with van der Waals surface area (Å²) in [4.78, 5) is 1.06. The smallest absolute Gasteiger partial charge is 0.395 e. The van der Waals surface area contributed by atoms with Gasteiger partial charge in [0, 0.05) is 6.04 Å². The van der Waals surface area contributed by atoms with E-state index in [0.717, 1.165) is 4.90 Å². The summed E-state index contributed by atoms with van der Waals surface area (Å²) in [6.07, 6.45) is -4.18. The number of hydrogen-bond donors (Lipinski definition) is 1. The molecule has 5 heteroatoms. The monoisotopic (exact) mass is 171 g/mol. The zero-order chi connectivity index (χ0) is 9.07. The summed E-state index contributed by atoms with van der Waals surface area (Å²) in [5.41, 5.74) is 0. The van der Waals surface area contributed by atoms with Gasteiger partial charge in [-0.25, -0.2) is 0 Å². The molecule has 0 aliphatic carbocycles. The lowest BCUT2D eigenvalue weighted by molar-refractivity contribution is -0.148. The molecule has 0 aliphatic rings. The van der Waals surface area contributed by atoms with Crippen molar-refractivity contribution in [3.63, 3.8) is 0 Å². The number of rotatable bonds is 3. The van der Waals surface area contributed by atoms with Crippen molar-refractivity contribution in [2.45, 2.75) is 19.1 Å². The van der Waals surface area contributed by atoms with Gasteiger partial charge in [0.25, 0.3) is 0 Å². The zero-order valence-electron chi connectivity index (χ0n) is 6.52. The van der Waals surface area contributed by atoms with E-state index in [1.807, 2.05) is 0 Å². The van der Waals surface area contributed by atoms with Gasteiger partial charge in [-0.2, -0.15) is 13.2 Å². The molecule has 0 aromatic rings. The minimum absolute atomic E-state index is 0.257. The van der Waals surface area contributed by atoms with Crippen LogP contribution in [-0.4, -0.2) is 42.4 Å². The molecular formula is C6H12F3NO. The van der Waals surface area contributed by atoms with Crippen LogP contribution < -0.4 is 0 Å². The molecule has 68 valence electrons. The summed E-state index contributed by atoms with van der Waals surface area (Å²) < 4.78 is 35.0. The van der Waals surface area contributed by atoms with E-state index in [0.29, 0.717) is 0 Å². The summed E-state index contributed by atoms with van der Waals surface area (Å²) in [7, 11) is 1.33. The highest BCUT2D eigenvalue weighted by Gasteiger charge is 2.30. The minimum Gasteiger partial charge on any atom is -0.395 e. The van der Waals surface area contributed by atoms with Gasteiger partial charge in [-0.05, 0) is 14.0 Å². The van der Waals surface area contributed by atoms with Crippen LogP contribution in [0.4, 0.5) is 13.2 Å². The van der Waals surface area contributed by atoms with Crippen LogP contribution in [0.3, 0.4) is 0 Å². The average Bonchev–Trinajstić information content (AvgIpc) is 1.82. The van der Waals surface area contributed by atoms with Crippen molar-refractivity contribution in [2.75, 3.05) is 20.2 Å². The molecule has 0 saturated heterocycles. The maximum atomic E-state index is 11.7. The van der Waals surface area contributed by atoms with Gasteiger partial charge >= 0.3 is 6.18 Å². The van der Waals surface area contributed by atoms with Crippen LogP contribution in [0.5, 0.6) is 0 Å². The van der Waals surface area contributed by atoms with E-state index in [2.05, 4.69) is 0 Å². The third-order valence-electron chi connectivity index (χ3n) is 1.45. The van der Waals surface area contributed by atoms with Crippen molar-refractivity contribution in [1.82, 2.24) is 4.90 Å². The first-order chi connectivity index (χ1) is 4.87. The van der Waals surface area contributed by atoms with E-state index >= 15 is 0 Å². The number of alkyl halides is 3. The van der Waals surface area contributed by atoms with Crippen molar-refractivity contribution in [3.8, 4) is 0 Å². The Hall–Kier alpha value is -0.290. The standard InChI is InChI=1S/C6H12F3NO/c1-5(3-11)10(2)4-6(7,8)9/h5,11H,3-4H2,1-2H3. The molecule has 0 spiro atoms. The molecule has 0 saturated carbocycles. The Morgan fingerprint density at radius 3 is 2.18 bits per heavy atom. The summed E-state index contributed by atoms with van der Waals surface area (Å²) in [6, 6.07) is -0.448. The fourth-order valence-electron chi connectivity index (χ4n) is 0.578. The fraction of sp³-hybridized carbons (Fsp3) is 1.00. The number of halogens is 3. The highest BCUT2D eigenvalue weighted by Crippen LogP contribution is 2.16. The lowest BCUT2D eigenvalue weighted by atomic mass is 10.3. The molecule has 0 aromatic heterocycles. The average molecular weight is 171 g/mol. The quantitative estimate of drug-likeness (QED) is 0.680. The Bertz CT molecular complexity index is 115. The predicted molar refractivity (Wildman–Crippen MR) is 35.2 cm³/mol. The van der Waals surface area contributed by atoms with Gasteiger partial charge in [-0.15, -0.1) is 0 Å². The van der Waals surface area contributed by atoms with Crippen molar-refractivity contribution in [3.05, 3.63) is 0 Å². The molecule has 1 unspecified atom stereocenters. The number of nitrogens with zero attached hydrogens (tertiary/aromatic N) is 1. The zero-order valence-corrected chi connectivity index (χ0v) is 6.52. The third kappa shape index (κ3) is 5.03. The van der Waals surface area contributed by atoms with Crippen molar-refractivity contribution in [1.29, 1.82) is 0 Å². The summed E-state index contributed by atoms with van der Waals surface area (Å²) >= 11 is 0. The number of likely N-dealkylation sites (N-methyl/N-ethyl adjacent to an activating group) is 1. The first-order valence-corrected chi connectivity index (χ1v) is 3.24. The van der Waals surface area contributed by atoms with Gasteiger partial charge in [0.2, 0.25) is 0 Å². The van der Waals surface area contributed by atoms with Crippen LogP contribution in [0.15, 0.2) is 0 Å². The molecule has 1 atom stereocenters. The maximum Gasteiger partial charge on any atom is 0.401 e. The van der Waals surface area contributed by atoms with E-state index in [1.165, 1.54) is 14.0 Å². The molecule has 0 fully saturated rings. The van der Waals surface area contributed by atoms with E-state index in [-0.39, 0.29) is 6.61 Å². The fourth-order valence-corrected chi connectivity index (χ4v) is 0.578. The Morgan fingerprint density at radius 2 is 1.91 bits per heavy atom. The molecule has 0 bridgehead atoms. The van der Waals surface area contributed by atoms with Gasteiger partial charge in [-0.1, -0.05) is 0 Å². The van der Waals surface area contributed by atoms with Crippen LogP contribution in [0, 0.1) is 0 Å². The summed E-state index contributed by atoms with van der Waals surface area (Å²) in [5.74, 6) is 0. The molecule has 0 rings (SSSR count). The highest BCUT2D eigenvalue weighted by molar-refractivity contribution is 4.65. The lowest BCUT2D eigenvalue weighted by Crippen LogP contribution is -2.39. The topological polar surface area (TPSA) is 23.5 Å². The molecule has 0 radical (unpaired) electrons. The van der Waals surface area contributed by atoms with Crippen molar-refractivity contribution < 1.29 is 18.3 Å². The van der Waals surface area contributed by atoms with Crippen LogP contribution in [0.1, 0.15) is 6.92 Å².